The fraction of sp³-hybridized carbons (Fsp3) is 0. The Kier molecular flexibility index (Phi) is 3.49. The lowest BCUT2D eigenvalue weighted by Crippen LogP contribution is -2.11. The number of aromatic nitrogens is 2. The lowest BCUT2D eigenvalue weighted by atomic mass is 10.2. The van der Waals surface area contributed by atoms with Crippen molar-refractivity contribution in [2.75, 3.05) is 5.32 Å². The summed E-state index contributed by atoms with van der Waals surface area (Å²) in [6, 6.07) is 10.2. The molecule has 2 aromatic heterocycles. The zero-order valence-electron chi connectivity index (χ0n) is 10.0. The van der Waals surface area contributed by atoms with Crippen molar-refractivity contribution >= 4 is 34.0 Å². The lowest BCUT2D eigenvalue weighted by molar-refractivity contribution is 0.102. The number of furan rings is 1. The first-order valence-corrected chi connectivity index (χ1v) is 6.86. The van der Waals surface area contributed by atoms with Gasteiger partial charge in [0.2, 0.25) is 5.13 Å². The highest BCUT2D eigenvalue weighted by atomic mass is 35.5. The number of hydrogen-bond donors (Lipinski definition) is 1. The topological polar surface area (TPSA) is 68.0 Å². The highest BCUT2D eigenvalue weighted by Gasteiger charge is 2.12. The highest BCUT2D eigenvalue weighted by molar-refractivity contribution is 7.18. The number of nitrogens with zero attached hydrogens (tertiary/aromatic N) is 2. The molecule has 0 aliphatic rings. The minimum atomic E-state index is -0.283. The number of rotatable bonds is 3. The van der Waals surface area contributed by atoms with Crippen molar-refractivity contribution in [3.63, 3.8) is 0 Å². The summed E-state index contributed by atoms with van der Waals surface area (Å²) < 4.78 is 5.22. The van der Waals surface area contributed by atoms with Gasteiger partial charge in [-0.3, -0.25) is 10.1 Å². The fourth-order valence-electron chi connectivity index (χ4n) is 1.57. The van der Waals surface area contributed by atoms with Gasteiger partial charge in [0.25, 0.3) is 5.91 Å². The molecule has 0 atom stereocenters. The van der Waals surface area contributed by atoms with Crippen molar-refractivity contribution in [1.29, 1.82) is 0 Å². The minimum Gasteiger partial charge on any atom is -0.462 e. The molecular formula is C13H8ClN3O2S. The summed E-state index contributed by atoms with van der Waals surface area (Å²) in [4.78, 5) is 12.0. The summed E-state index contributed by atoms with van der Waals surface area (Å²) in [5.41, 5.74) is 0.465. The molecule has 100 valence electrons. The molecule has 1 N–H and O–H groups in total. The maximum atomic E-state index is 12.0. The van der Waals surface area contributed by atoms with E-state index in [2.05, 4.69) is 15.5 Å². The van der Waals surface area contributed by atoms with E-state index in [0.717, 1.165) is 0 Å². The largest absolute Gasteiger partial charge is 0.462 e. The van der Waals surface area contributed by atoms with Crippen LogP contribution < -0.4 is 5.32 Å². The molecule has 0 bridgehead atoms. The molecular weight excluding hydrogens is 298 g/mol. The van der Waals surface area contributed by atoms with Crippen LogP contribution in [-0.4, -0.2) is 16.1 Å². The second kappa shape index (κ2) is 5.44. The van der Waals surface area contributed by atoms with Gasteiger partial charge in [-0.2, -0.15) is 0 Å². The van der Waals surface area contributed by atoms with Crippen LogP contribution in [0.2, 0.25) is 5.02 Å². The first-order chi connectivity index (χ1) is 9.72. The highest BCUT2D eigenvalue weighted by Crippen LogP contribution is 2.26. The number of benzene rings is 1. The smallest absolute Gasteiger partial charge is 0.257 e. The van der Waals surface area contributed by atoms with E-state index in [-0.39, 0.29) is 5.91 Å². The Morgan fingerprint density at radius 1 is 1.25 bits per heavy atom. The number of carbonyl (C=O) groups is 1. The van der Waals surface area contributed by atoms with E-state index in [1.54, 1.807) is 42.7 Å². The van der Waals surface area contributed by atoms with Gasteiger partial charge in [-0.15, -0.1) is 10.2 Å². The predicted octanol–water partition coefficient (Wildman–Crippen LogP) is 3.70. The molecule has 5 nitrogen and oxygen atoms in total. The fourth-order valence-corrected chi connectivity index (χ4v) is 2.47. The Hall–Kier alpha value is -2.18. The van der Waals surface area contributed by atoms with E-state index >= 15 is 0 Å². The van der Waals surface area contributed by atoms with Crippen molar-refractivity contribution in [3.8, 4) is 10.8 Å². The molecule has 1 amide bonds. The molecule has 0 aliphatic carbocycles. The Labute approximate surface area is 123 Å². The molecule has 0 saturated heterocycles. The molecule has 20 heavy (non-hydrogen) atoms. The number of hydrogen-bond acceptors (Lipinski definition) is 5. The number of anilines is 1. The van der Waals surface area contributed by atoms with Crippen LogP contribution in [0.25, 0.3) is 10.8 Å². The van der Waals surface area contributed by atoms with E-state index in [1.807, 2.05) is 0 Å². The summed E-state index contributed by atoms with van der Waals surface area (Å²) in [5.74, 6) is 0.334. The standard InChI is InChI=1S/C13H8ClN3O2S/c14-9-4-1-3-8(7-9)11(18)15-13-17-16-12(20-13)10-5-2-6-19-10/h1-7H,(H,15,17,18). The van der Waals surface area contributed by atoms with Gasteiger partial charge in [0.15, 0.2) is 10.8 Å². The van der Waals surface area contributed by atoms with Gasteiger partial charge in [-0.25, -0.2) is 0 Å². The van der Waals surface area contributed by atoms with E-state index in [0.29, 0.717) is 26.5 Å². The van der Waals surface area contributed by atoms with E-state index in [1.165, 1.54) is 11.3 Å². The molecule has 7 heteroatoms. The monoisotopic (exact) mass is 305 g/mol. The summed E-state index contributed by atoms with van der Waals surface area (Å²) in [6.07, 6.45) is 1.56. The Balaban J connectivity index is 1.77. The number of halogens is 1. The maximum Gasteiger partial charge on any atom is 0.257 e. The molecule has 3 aromatic rings. The number of nitrogens with one attached hydrogen (secondary N) is 1. The zero-order valence-corrected chi connectivity index (χ0v) is 11.6. The average molecular weight is 306 g/mol. The Morgan fingerprint density at radius 3 is 2.90 bits per heavy atom. The average Bonchev–Trinajstić information content (AvgIpc) is 3.08. The normalized spacial score (nSPS) is 10.4. The van der Waals surface area contributed by atoms with Crippen LogP contribution in [0.3, 0.4) is 0 Å². The maximum absolute atomic E-state index is 12.0. The molecule has 0 aliphatic heterocycles. The quantitative estimate of drug-likeness (QED) is 0.801. The molecule has 2 heterocycles. The van der Waals surface area contributed by atoms with Crippen LogP contribution in [0, 0.1) is 0 Å². The first-order valence-electron chi connectivity index (χ1n) is 5.67. The minimum absolute atomic E-state index is 0.283. The molecule has 0 radical (unpaired) electrons. The van der Waals surface area contributed by atoms with E-state index in [9.17, 15) is 4.79 Å². The van der Waals surface area contributed by atoms with Gasteiger partial charge in [-0.05, 0) is 30.3 Å². The molecule has 0 fully saturated rings. The zero-order chi connectivity index (χ0) is 13.9. The molecule has 0 spiro atoms. The van der Waals surface area contributed by atoms with Gasteiger partial charge < -0.3 is 4.42 Å². The van der Waals surface area contributed by atoms with Crippen molar-refractivity contribution < 1.29 is 9.21 Å². The van der Waals surface area contributed by atoms with Gasteiger partial charge in [-0.1, -0.05) is 29.0 Å². The van der Waals surface area contributed by atoms with Crippen molar-refractivity contribution in [1.82, 2.24) is 10.2 Å². The third-order valence-electron chi connectivity index (χ3n) is 2.46. The van der Waals surface area contributed by atoms with E-state index < -0.39 is 0 Å². The third-order valence-corrected chi connectivity index (χ3v) is 3.55. The van der Waals surface area contributed by atoms with Crippen LogP contribution in [-0.2, 0) is 0 Å². The molecule has 3 rings (SSSR count). The summed E-state index contributed by atoms with van der Waals surface area (Å²) >= 11 is 7.08. The SMILES string of the molecule is O=C(Nc1nnc(-c2ccco2)s1)c1cccc(Cl)c1. The van der Waals surface area contributed by atoms with Crippen molar-refractivity contribution in [3.05, 3.63) is 53.2 Å². The Morgan fingerprint density at radius 2 is 2.15 bits per heavy atom. The van der Waals surface area contributed by atoms with Gasteiger partial charge in [0.1, 0.15) is 0 Å². The Bertz CT molecular complexity index is 740. The molecule has 1 aromatic carbocycles. The number of carbonyl (C=O) groups excluding carboxylic acids is 1. The second-order valence-electron chi connectivity index (χ2n) is 3.85. The third kappa shape index (κ3) is 2.71. The lowest BCUT2D eigenvalue weighted by Gasteiger charge is -2.00. The number of amides is 1. The summed E-state index contributed by atoms with van der Waals surface area (Å²) in [5, 5.41) is 12.1. The van der Waals surface area contributed by atoms with Gasteiger partial charge in [0, 0.05) is 10.6 Å². The molecule has 0 saturated carbocycles. The summed E-state index contributed by atoms with van der Waals surface area (Å²) in [6.45, 7) is 0. The summed E-state index contributed by atoms with van der Waals surface area (Å²) in [7, 11) is 0. The van der Waals surface area contributed by atoms with E-state index in [4.69, 9.17) is 16.0 Å². The molecule has 0 unspecified atom stereocenters. The predicted molar refractivity (Wildman–Crippen MR) is 77.0 cm³/mol. The van der Waals surface area contributed by atoms with Crippen LogP contribution in [0.15, 0.2) is 47.1 Å². The van der Waals surface area contributed by atoms with Gasteiger partial charge in [0.05, 0.1) is 6.26 Å². The van der Waals surface area contributed by atoms with Crippen LogP contribution in [0.4, 0.5) is 5.13 Å². The van der Waals surface area contributed by atoms with Crippen LogP contribution in [0.5, 0.6) is 0 Å². The van der Waals surface area contributed by atoms with Crippen LogP contribution >= 0.6 is 22.9 Å². The van der Waals surface area contributed by atoms with Gasteiger partial charge >= 0.3 is 0 Å². The van der Waals surface area contributed by atoms with Crippen molar-refractivity contribution in [2.45, 2.75) is 0 Å². The second-order valence-corrected chi connectivity index (χ2v) is 5.27. The first kappa shape index (κ1) is 12.8. The van der Waals surface area contributed by atoms with Crippen molar-refractivity contribution in [2.24, 2.45) is 0 Å². The van der Waals surface area contributed by atoms with Crippen LogP contribution in [0.1, 0.15) is 10.4 Å².